The minimum atomic E-state index is -0.706. The Kier molecular flexibility index (Phi) is 3.78. The highest BCUT2D eigenvalue weighted by molar-refractivity contribution is 6.02. The Morgan fingerprint density at radius 2 is 1.79 bits per heavy atom. The summed E-state index contributed by atoms with van der Waals surface area (Å²) in [6, 6.07) is 2.55. The van der Waals surface area contributed by atoms with Crippen molar-refractivity contribution in [3.63, 3.8) is 0 Å². The number of rotatable bonds is 2. The van der Waals surface area contributed by atoms with Gasteiger partial charge in [-0.25, -0.2) is 0 Å². The summed E-state index contributed by atoms with van der Waals surface area (Å²) >= 11 is 0. The zero-order chi connectivity index (χ0) is 21.3. The van der Waals surface area contributed by atoms with E-state index in [9.17, 15) is 20.1 Å². The zero-order valence-corrected chi connectivity index (χ0v) is 16.7. The van der Waals surface area contributed by atoms with Crippen molar-refractivity contribution in [2.24, 2.45) is 0 Å². The monoisotopic (exact) mass is 394 g/mol. The van der Waals surface area contributed by atoms with Crippen LogP contribution >= 0.6 is 0 Å². The van der Waals surface area contributed by atoms with E-state index in [4.69, 9.17) is 9.15 Å². The Morgan fingerprint density at radius 1 is 1.10 bits per heavy atom. The van der Waals surface area contributed by atoms with Crippen LogP contribution in [0, 0.1) is 0 Å². The van der Waals surface area contributed by atoms with Gasteiger partial charge in [-0.2, -0.15) is 0 Å². The summed E-state index contributed by atoms with van der Waals surface area (Å²) in [6.07, 6.45) is 5.27. The molecule has 3 aromatic rings. The molecule has 0 bridgehead atoms. The van der Waals surface area contributed by atoms with Crippen LogP contribution in [-0.2, 0) is 5.41 Å². The second-order valence-corrected chi connectivity index (χ2v) is 8.38. The maximum Gasteiger partial charge on any atom is 0.204 e. The van der Waals surface area contributed by atoms with Gasteiger partial charge >= 0.3 is 0 Å². The lowest BCUT2D eigenvalue weighted by Gasteiger charge is -2.34. The largest absolute Gasteiger partial charge is 0.507 e. The lowest BCUT2D eigenvalue weighted by Crippen LogP contribution is -2.30. The third-order valence-electron chi connectivity index (χ3n) is 5.37. The minimum Gasteiger partial charge on any atom is -0.507 e. The van der Waals surface area contributed by atoms with Gasteiger partial charge in [-0.15, -0.1) is 6.58 Å². The molecular formula is C23H22O6. The molecule has 0 aliphatic carbocycles. The molecule has 0 atom stereocenters. The molecule has 2 aromatic carbocycles. The summed E-state index contributed by atoms with van der Waals surface area (Å²) in [6.45, 7) is 11.3. The number of phenolic OH excluding ortho intramolecular Hbond substituents is 3. The van der Waals surface area contributed by atoms with E-state index in [1.54, 1.807) is 12.2 Å². The molecule has 0 radical (unpaired) electrons. The van der Waals surface area contributed by atoms with Crippen molar-refractivity contribution in [2.45, 2.75) is 38.7 Å². The molecule has 150 valence electrons. The first-order chi connectivity index (χ1) is 13.5. The van der Waals surface area contributed by atoms with Crippen LogP contribution in [0.2, 0.25) is 0 Å². The number of phenols is 3. The predicted octanol–water partition coefficient (Wildman–Crippen LogP) is 4.71. The fourth-order valence-electron chi connectivity index (χ4n) is 3.65. The van der Waals surface area contributed by atoms with Crippen LogP contribution in [0.25, 0.3) is 28.0 Å². The molecule has 0 saturated carbocycles. The quantitative estimate of drug-likeness (QED) is 0.331. The highest BCUT2D eigenvalue weighted by atomic mass is 16.5. The summed E-state index contributed by atoms with van der Waals surface area (Å²) in [5.41, 5.74) is -1.04. The van der Waals surface area contributed by atoms with Crippen molar-refractivity contribution in [2.75, 3.05) is 0 Å². The number of ether oxygens (including phenoxy) is 1. The van der Waals surface area contributed by atoms with Gasteiger partial charge in [0, 0.05) is 11.0 Å². The van der Waals surface area contributed by atoms with Gasteiger partial charge in [0.1, 0.15) is 22.5 Å². The topological polar surface area (TPSA) is 100 Å². The lowest BCUT2D eigenvalue weighted by atomic mass is 9.80. The van der Waals surface area contributed by atoms with Crippen LogP contribution in [-0.4, -0.2) is 20.9 Å². The Balaban J connectivity index is 2.30. The average molecular weight is 394 g/mol. The van der Waals surface area contributed by atoms with E-state index in [1.807, 2.05) is 33.8 Å². The first kappa shape index (κ1) is 18.9. The van der Waals surface area contributed by atoms with Crippen LogP contribution in [0.5, 0.6) is 23.0 Å². The number of benzene rings is 2. The van der Waals surface area contributed by atoms with Crippen molar-refractivity contribution in [3.8, 4) is 23.0 Å². The SMILES string of the molecule is C=CC(C)(C)c1c2c(c3oc4c(O)c(O)ccc4c(=O)c3c1O)C=CC(C)(C)O2. The molecule has 3 N–H and O–H groups in total. The van der Waals surface area contributed by atoms with Crippen molar-refractivity contribution in [1.29, 1.82) is 0 Å². The second kappa shape index (κ2) is 5.80. The molecule has 2 heterocycles. The van der Waals surface area contributed by atoms with Crippen LogP contribution in [0.15, 0.2) is 40.1 Å². The summed E-state index contributed by atoms with van der Waals surface area (Å²) in [4.78, 5) is 13.2. The number of allylic oxidation sites excluding steroid dienone is 1. The van der Waals surface area contributed by atoms with E-state index in [1.165, 1.54) is 12.1 Å². The van der Waals surface area contributed by atoms with Gasteiger partial charge < -0.3 is 24.5 Å². The second-order valence-electron chi connectivity index (χ2n) is 8.38. The normalized spacial score (nSPS) is 15.3. The molecule has 1 aromatic heterocycles. The maximum atomic E-state index is 13.2. The number of fused-ring (bicyclic) bond motifs is 4. The molecule has 0 saturated heterocycles. The summed E-state index contributed by atoms with van der Waals surface area (Å²) in [5.74, 6) is -0.811. The van der Waals surface area contributed by atoms with Crippen molar-refractivity contribution >= 4 is 28.0 Å². The van der Waals surface area contributed by atoms with E-state index < -0.39 is 27.9 Å². The lowest BCUT2D eigenvalue weighted by molar-refractivity contribution is 0.155. The van der Waals surface area contributed by atoms with E-state index >= 15 is 0 Å². The molecule has 0 fully saturated rings. The Hall–Kier alpha value is -3.41. The van der Waals surface area contributed by atoms with Gasteiger partial charge in [0.05, 0.1) is 10.9 Å². The highest BCUT2D eigenvalue weighted by Gasteiger charge is 2.36. The van der Waals surface area contributed by atoms with E-state index in [0.29, 0.717) is 16.9 Å². The van der Waals surface area contributed by atoms with Gasteiger partial charge in [0.2, 0.25) is 11.2 Å². The molecular weight excluding hydrogens is 372 g/mol. The first-order valence-corrected chi connectivity index (χ1v) is 9.21. The molecule has 29 heavy (non-hydrogen) atoms. The minimum absolute atomic E-state index is 0.0146. The van der Waals surface area contributed by atoms with Crippen LogP contribution < -0.4 is 10.2 Å². The third-order valence-corrected chi connectivity index (χ3v) is 5.37. The molecule has 4 rings (SSSR count). The number of hydrogen-bond acceptors (Lipinski definition) is 6. The summed E-state index contributed by atoms with van der Waals surface area (Å²) in [5, 5.41) is 31.2. The molecule has 1 aliphatic rings. The number of aromatic hydroxyl groups is 3. The summed E-state index contributed by atoms with van der Waals surface area (Å²) in [7, 11) is 0. The standard InChI is InChI=1S/C23H22O6/c1-6-22(2,3)15-18(27)14-16(25)11-7-8-13(24)17(26)21(11)28-19(14)12-9-10-23(4,5)29-20(12)15/h6-10,24,26-27H,1H2,2-5H3. The Morgan fingerprint density at radius 3 is 2.45 bits per heavy atom. The van der Waals surface area contributed by atoms with Crippen LogP contribution in [0.4, 0.5) is 0 Å². The van der Waals surface area contributed by atoms with Gasteiger partial charge in [-0.05, 0) is 38.1 Å². The number of hydrogen-bond donors (Lipinski definition) is 3. The average Bonchev–Trinajstić information content (AvgIpc) is 2.64. The van der Waals surface area contributed by atoms with Crippen molar-refractivity contribution in [1.82, 2.24) is 0 Å². The van der Waals surface area contributed by atoms with Crippen molar-refractivity contribution in [3.05, 3.63) is 52.2 Å². The molecule has 6 heteroatoms. The molecule has 0 spiro atoms. The zero-order valence-electron chi connectivity index (χ0n) is 16.7. The maximum absolute atomic E-state index is 13.2. The van der Waals surface area contributed by atoms with E-state index in [2.05, 4.69) is 6.58 Å². The van der Waals surface area contributed by atoms with Crippen LogP contribution in [0.1, 0.15) is 38.8 Å². The Labute approximate surface area is 167 Å². The highest BCUT2D eigenvalue weighted by Crippen LogP contribution is 2.50. The Bertz CT molecular complexity index is 1290. The fraction of sp³-hybridized carbons (Fsp3) is 0.261. The van der Waals surface area contributed by atoms with E-state index in [0.717, 1.165) is 0 Å². The van der Waals surface area contributed by atoms with Gasteiger partial charge in [-0.3, -0.25) is 4.79 Å². The van der Waals surface area contributed by atoms with Crippen molar-refractivity contribution < 1.29 is 24.5 Å². The first-order valence-electron chi connectivity index (χ1n) is 9.21. The smallest absolute Gasteiger partial charge is 0.204 e. The van der Waals surface area contributed by atoms with Crippen LogP contribution in [0.3, 0.4) is 0 Å². The summed E-state index contributed by atoms with van der Waals surface area (Å²) < 4.78 is 12.0. The van der Waals surface area contributed by atoms with Gasteiger partial charge in [-0.1, -0.05) is 19.9 Å². The third kappa shape index (κ3) is 2.59. The molecule has 6 nitrogen and oxygen atoms in total. The molecule has 0 unspecified atom stereocenters. The predicted molar refractivity (Wildman–Crippen MR) is 112 cm³/mol. The fourth-order valence-corrected chi connectivity index (χ4v) is 3.65. The van der Waals surface area contributed by atoms with Gasteiger partial charge in [0.25, 0.3) is 0 Å². The molecule has 0 amide bonds. The van der Waals surface area contributed by atoms with E-state index in [-0.39, 0.29) is 27.7 Å². The molecule has 1 aliphatic heterocycles. The van der Waals surface area contributed by atoms with Gasteiger partial charge in [0.15, 0.2) is 16.9 Å².